The molecule has 0 N–H and O–H groups in total. The van der Waals surface area contributed by atoms with Crippen molar-refractivity contribution in [2.24, 2.45) is 0 Å². The Morgan fingerprint density at radius 1 is 0.560 bits per heavy atom. The highest BCUT2D eigenvalue weighted by atomic mass is 16.5. The van der Waals surface area contributed by atoms with Gasteiger partial charge in [0.05, 0.1) is 44.5 Å². The van der Waals surface area contributed by atoms with Crippen molar-refractivity contribution in [3.8, 4) is 45.1 Å². The summed E-state index contributed by atoms with van der Waals surface area (Å²) in [4.78, 5) is 0. The average molecular weight is 661 g/mol. The molecule has 0 aliphatic carbocycles. The van der Waals surface area contributed by atoms with Crippen molar-refractivity contribution in [3.05, 3.63) is 156 Å². The molecule has 248 valence electrons. The predicted octanol–water partition coefficient (Wildman–Crippen LogP) is 7.47. The van der Waals surface area contributed by atoms with Gasteiger partial charge >= 0.3 is 0 Å². The first-order valence-electron chi connectivity index (χ1n) is 16.8. The van der Waals surface area contributed by atoms with E-state index < -0.39 is 0 Å². The van der Waals surface area contributed by atoms with Crippen molar-refractivity contribution < 1.29 is 14.0 Å². The first-order valence-corrected chi connectivity index (χ1v) is 16.8. The van der Waals surface area contributed by atoms with Crippen molar-refractivity contribution in [1.82, 2.24) is 30.0 Å². The van der Waals surface area contributed by atoms with Gasteiger partial charge in [-0.15, -0.1) is 10.2 Å². The second kappa shape index (κ2) is 13.4. The molecule has 9 nitrogen and oxygen atoms in total. The molecule has 0 fully saturated rings. The van der Waals surface area contributed by atoms with E-state index in [1.807, 2.05) is 33.9 Å². The smallest absolute Gasteiger partial charge is 0.161 e. The zero-order chi connectivity index (χ0) is 33.9. The van der Waals surface area contributed by atoms with Gasteiger partial charge in [-0.3, -0.25) is 0 Å². The maximum absolute atomic E-state index is 5.70. The monoisotopic (exact) mass is 660 g/mol. The van der Waals surface area contributed by atoms with Gasteiger partial charge in [-0.25, -0.2) is 9.36 Å². The van der Waals surface area contributed by atoms with Gasteiger partial charge in [-0.05, 0) is 64.2 Å². The molecule has 0 unspecified atom stereocenters. The Morgan fingerprint density at radius 3 is 1.46 bits per heavy atom. The van der Waals surface area contributed by atoms with E-state index >= 15 is 0 Å². The molecule has 1 aliphatic heterocycles. The minimum Gasteiger partial charge on any atom is -0.493 e. The van der Waals surface area contributed by atoms with Crippen LogP contribution in [0.15, 0.2) is 134 Å². The maximum atomic E-state index is 5.70. The van der Waals surface area contributed by atoms with Gasteiger partial charge in [0.1, 0.15) is 31.0 Å². The number of nitrogens with zero attached hydrogens (tertiary/aromatic N) is 7. The van der Waals surface area contributed by atoms with Gasteiger partial charge in [0, 0.05) is 12.0 Å². The van der Waals surface area contributed by atoms with Gasteiger partial charge in [0.2, 0.25) is 0 Å². The lowest BCUT2D eigenvalue weighted by atomic mass is 9.96. The van der Waals surface area contributed by atoms with Crippen molar-refractivity contribution in [3.63, 3.8) is 0 Å². The van der Waals surface area contributed by atoms with Gasteiger partial charge < -0.3 is 14.0 Å². The van der Waals surface area contributed by atoms with Crippen LogP contribution in [0.5, 0.6) is 11.5 Å². The molecule has 3 heterocycles. The van der Waals surface area contributed by atoms with Crippen molar-refractivity contribution in [2.75, 3.05) is 20.8 Å². The fourth-order valence-electron chi connectivity index (χ4n) is 7.02. The molecule has 0 saturated carbocycles. The third-order valence-electron chi connectivity index (χ3n) is 9.62. The molecule has 2 aromatic heterocycles. The Kier molecular flexibility index (Phi) is 8.40. The van der Waals surface area contributed by atoms with E-state index in [0.29, 0.717) is 13.1 Å². The first kappa shape index (κ1) is 31.2. The van der Waals surface area contributed by atoms with Crippen molar-refractivity contribution in [1.29, 1.82) is 0 Å². The molecule has 9 heteroatoms. The largest absolute Gasteiger partial charge is 0.493 e. The number of hydrogen-bond donors (Lipinski definition) is 0. The Hall–Kier alpha value is -6.06. The van der Waals surface area contributed by atoms with Crippen LogP contribution in [0.1, 0.15) is 22.5 Å². The van der Waals surface area contributed by atoms with Gasteiger partial charge in [-0.1, -0.05) is 95.4 Å². The van der Waals surface area contributed by atoms with Crippen molar-refractivity contribution >= 4 is 0 Å². The van der Waals surface area contributed by atoms with Crippen LogP contribution >= 0.6 is 0 Å². The second-order valence-electron chi connectivity index (χ2n) is 12.9. The predicted molar refractivity (Wildman–Crippen MR) is 193 cm³/mol. The zero-order valence-corrected chi connectivity index (χ0v) is 28.2. The first-order chi connectivity index (χ1) is 24.6. The summed E-state index contributed by atoms with van der Waals surface area (Å²) in [6.45, 7) is 3.07. The number of benzene rings is 5. The number of hydrogen-bond acceptors (Lipinski definition) is 6. The Bertz CT molecular complexity index is 2090. The summed E-state index contributed by atoms with van der Waals surface area (Å²) in [5, 5.41) is 18.4. The molecule has 0 amide bonds. The van der Waals surface area contributed by atoms with Crippen LogP contribution in [0.2, 0.25) is 0 Å². The maximum Gasteiger partial charge on any atom is 0.161 e. The minimum atomic E-state index is 0.689. The third kappa shape index (κ3) is 6.38. The normalized spacial score (nSPS) is 13.5. The van der Waals surface area contributed by atoms with E-state index in [9.17, 15) is 0 Å². The lowest BCUT2D eigenvalue weighted by Gasteiger charge is -2.41. The molecule has 1 aliphatic rings. The summed E-state index contributed by atoms with van der Waals surface area (Å²) in [5.74, 6) is 1.50. The fraction of sp³-hybridized carbons (Fsp3) is 0.171. The minimum absolute atomic E-state index is 0.689. The number of ether oxygens (including phenoxy) is 2. The zero-order valence-electron chi connectivity index (χ0n) is 28.2. The van der Waals surface area contributed by atoms with Crippen LogP contribution in [0.4, 0.5) is 0 Å². The van der Waals surface area contributed by atoms with Gasteiger partial charge in [-0.2, -0.15) is 0 Å². The molecule has 0 bridgehead atoms. The molecular weight excluding hydrogens is 622 g/mol. The quantitative estimate of drug-likeness (QED) is 0.142. The number of aromatic nitrogens is 6. The number of methoxy groups -OCH3 is 2. The molecule has 5 aromatic carbocycles. The lowest BCUT2D eigenvalue weighted by Crippen LogP contribution is -2.49. The van der Waals surface area contributed by atoms with Crippen LogP contribution in [0, 0.1) is 0 Å². The summed E-state index contributed by atoms with van der Waals surface area (Å²) >= 11 is 0. The van der Waals surface area contributed by atoms with E-state index in [1.165, 1.54) is 33.4 Å². The second-order valence-corrected chi connectivity index (χ2v) is 12.9. The van der Waals surface area contributed by atoms with Crippen LogP contribution in [0.25, 0.3) is 33.6 Å². The topological polar surface area (TPSA) is 79.9 Å². The van der Waals surface area contributed by atoms with Crippen LogP contribution in [0.3, 0.4) is 0 Å². The third-order valence-corrected chi connectivity index (χ3v) is 9.62. The molecule has 0 saturated heterocycles. The molecule has 0 atom stereocenters. The summed E-state index contributed by atoms with van der Waals surface area (Å²) < 4.78 is 15.8. The molecule has 0 spiro atoms. The van der Waals surface area contributed by atoms with E-state index in [1.54, 1.807) is 14.2 Å². The molecule has 0 radical (unpaired) electrons. The highest BCUT2D eigenvalue weighted by Crippen LogP contribution is 2.37. The number of quaternary nitrogens is 1. The molecular formula is C41H38N7O2+. The summed E-state index contributed by atoms with van der Waals surface area (Å²) in [5.41, 5.74) is 11.0. The Balaban J connectivity index is 1.07. The van der Waals surface area contributed by atoms with Crippen LogP contribution in [-0.4, -0.2) is 55.2 Å². The van der Waals surface area contributed by atoms with E-state index in [4.69, 9.17) is 9.47 Å². The average Bonchev–Trinajstić information content (AvgIpc) is 3.85. The Labute approximate surface area is 291 Å². The standard InChI is InChI=1S/C41H38N7O2/c1-49-40-23-34-21-22-48(27-35(34)24-41(40)50-2,28-36-25-46(44-42-36)38-17-13-32(14-18-38)30-9-5-3-6-10-30)29-37-26-47(45-43-37)39-19-15-33(16-20-39)31-11-7-4-8-12-31/h3-20,23-26H,21-22,27-29H2,1-2H3/q+1. The van der Waals surface area contributed by atoms with Gasteiger partial charge in [0.25, 0.3) is 0 Å². The fourth-order valence-corrected chi connectivity index (χ4v) is 7.02. The highest BCUT2D eigenvalue weighted by Gasteiger charge is 2.36. The van der Waals surface area contributed by atoms with Crippen LogP contribution in [-0.2, 0) is 26.1 Å². The van der Waals surface area contributed by atoms with E-state index in [-0.39, 0.29) is 0 Å². The van der Waals surface area contributed by atoms with Gasteiger partial charge in [0.15, 0.2) is 11.5 Å². The van der Waals surface area contributed by atoms with Crippen molar-refractivity contribution in [2.45, 2.75) is 26.1 Å². The number of rotatable bonds is 10. The molecule has 7 aromatic rings. The van der Waals surface area contributed by atoms with E-state index in [0.717, 1.165) is 58.3 Å². The SMILES string of the molecule is COc1cc2c(cc1OC)C[N+](Cc1cn(-c3ccc(-c4ccccc4)cc3)nn1)(Cc1cn(-c3ccc(-c4ccccc4)cc3)nn1)CC2. The molecule has 8 rings (SSSR count). The lowest BCUT2D eigenvalue weighted by molar-refractivity contribution is -0.968. The highest BCUT2D eigenvalue weighted by molar-refractivity contribution is 5.65. The summed E-state index contributed by atoms with van der Waals surface area (Å²) in [6.07, 6.45) is 4.99. The van der Waals surface area contributed by atoms with E-state index in [2.05, 4.69) is 130 Å². The summed E-state index contributed by atoms with van der Waals surface area (Å²) in [7, 11) is 3.37. The number of fused-ring (bicyclic) bond motifs is 1. The summed E-state index contributed by atoms with van der Waals surface area (Å²) in [6, 6.07) is 41.9. The molecule has 50 heavy (non-hydrogen) atoms. The van der Waals surface area contributed by atoms with Crippen LogP contribution < -0.4 is 9.47 Å². The Morgan fingerprint density at radius 2 is 1.00 bits per heavy atom.